The van der Waals surface area contributed by atoms with E-state index in [2.05, 4.69) is 10.1 Å². The second kappa shape index (κ2) is 8.88. The summed E-state index contributed by atoms with van der Waals surface area (Å²) in [7, 11) is 0. The normalized spacial score (nSPS) is 12.2. The van der Waals surface area contributed by atoms with E-state index in [4.69, 9.17) is 0 Å². The van der Waals surface area contributed by atoms with Crippen LogP contribution in [0.1, 0.15) is 23.4 Å². The predicted octanol–water partition coefficient (Wildman–Crippen LogP) is 4.46. The molecule has 1 aromatic heterocycles. The van der Waals surface area contributed by atoms with Gasteiger partial charge < -0.3 is 10.1 Å². The lowest BCUT2D eigenvalue weighted by Gasteiger charge is -2.15. The molecule has 2 rings (SSSR count). The first kappa shape index (κ1) is 17.7. The number of hydrogen-bond acceptors (Lipinski definition) is 4. The van der Waals surface area contributed by atoms with Crippen molar-refractivity contribution in [3.05, 3.63) is 52.2 Å². The Labute approximate surface area is 142 Å². The minimum atomic E-state index is -2.86. The van der Waals surface area contributed by atoms with Gasteiger partial charge in [0.2, 0.25) is 5.91 Å². The van der Waals surface area contributed by atoms with Crippen molar-refractivity contribution in [2.45, 2.75) is 25.3 Å². The van der Waals surface area contributed by atoms with Gasteiger partial charge in [-0.15, -0.1) is 23.1 Å². The van der Waals surface area contributed by atoms with Gasteiger partial charge in [0.15, 0.2) is 0 Å². The van der Waals surface area contributed by atoms with Crippen molar-refractivity contribution in [3.63, 3.8) is 0 Å². The van der Waals surface area contributed by atoms with Gasteiger partial charge in [0, 0.05) is 10.6 Å². The number of thioether (sulfide) groups is 1. The number of amides is 1. The lowest BCUT2D eigenvalue weighted by molar-refractivity contribution is -0.119. The minimum absolute atomic E-state index is 0.0840. The predicted molar refractivity (Wildman–Crippen MR) is 90.1 cm³/mol. The fourth-order valence-corrected chi connectivity index (χ4v) is 3.65. The molecule has 0 saturated heterocycles. The highest BCUT2D eigenvalue weighted by atomic mass is 32.2. The van der Waals surface area contributed by atoms with Gasteiger partial charge in [0.05, 0.1) is 11.8 Å². The van der Waals surface area contributed by atoms with Gasteiger partial charge in [-0.05, 0) is 36.1 Å². The van der Waals surface area contributed by atoms with E-state index in [-0.39, 0.29) is 17.7 Å². The number of ether oxygens (including phenoxy) is 1. The molecule has 124 valence electrons. The van der Waals surface area contributed by atoms with Crippen LogP contribution in [0, 0.1) is 0 Å². The molecule has 0 saturated carbocycles. The van der Waals surface area contributed by atoms with Crippen LogP contribution in [-0.4, -0.2) is 18.3 Å². The Bertz CT molecular complexity index is 620. The monoisotopic (exact) mass is 357 g/mol. The Morgan fingerprint density at radius 1 is 1.35 bits per heavy atom. The molecule has 2 aromatic rings. The van der Waals surface area contributed by atoms with Crippen LogP contribution in [-0.2, 0) is 10.5 Å². The van der Waals surface area contributed by atoms with E-state index in [0.717, 1.165) is 11.3 Å². The summed E-state index contributed by atoms with van der Waals surface area (Å²) in [5.74, 6) is 1.16. The molecule has 0 unspecified atom stereocenters. The van der Waals surface area contributed by atoms with Gasteiger partial charge in [0.25, 0.3) is 0 Å². The van der Waals surface area contributed by atoms with Crippen LogP contribution < -0.4 is 10.1 Å². The molecule has 0 spiro atoms. The summed E-state index contributed by atoms with van der Waals surface area (Å²) >= 11 is 3.21. The summed E-state index contributed by atoms with van der Waals surface area (Å²) in [6, 6.07) is 10.1. The Morgan fingerprint density at radius 2 is 2.17 bits per heavy atom. The van der Waals surface area contributed by atoms with E-state index < -0.39 is 6.61 Å². The first-order valence-corrected chi connectivity index (χ1v) is 9.02. The zero-order valence-electron chi connectivity index (χ0n) is 12.5. The standard InChI is InChI=1S/C16H17F2NO2S2/c1-11(12-4-2-5-13(8-12)21-16(17)18)19-15(20)10-22-9-14-6-3-7-23-14/h2-8,11,16H,9-10H2,1H3,(H,19,20)/t11-/m1/s1. The van der Waals surface area contributed by atoms with Crippen LogP contribution in [0.15, 0.2) is 41.8 Å². The molecule has 1 heterocycles. The highest BCUT2D eigenvalue weighted by Gasteiger charge is 2.12. The number of alkyl halides is 2. The molecule has 0 aliphatic carbocycles. The summed E-state index contributed by atoms with van der Waals surface area (Å²) in [6.07, 6.45) is 0. The third kappa shape index (κ3) is 6.19. The molecule has 0 bridgehead atoms. The Hall–Kier alpha value is -1.60. The second-order valence-corrected chi connectivity index (χ2v) is 6.83. The fraction of sp³-hybridized carbons (Fsp3) is 0.312. The molecule has 0 fully saturated rings. The third-order valence-corrected chi connectivity index (χ3v) is 5.06. The zero-order chi connectivity index (χ0) is 16.7. The average molecular weight is 357 g/mol. The first-order chi connectivity index (χ1) is 11.0. The SMILES string of the molecule is C[C@@H](NC(=O)CSCc1cccs1)c1cccc(OC(F)F)c1. The van der Waals surface area contributed by atoms with Crippen molar-refractivity contribution in [1.82, 2.24) is 5.32 Å². The number of carbonyl (C=O) groups is 1. The number of halogens is 2. The molecule has 1 amide bonds. The lowest BCUT2D eigenvalue weighted by atomic mass is 10.1. The fourth-order valence-electron chi connectivity index (χ4n) is 1.97. The van der Waals surface area contributed by atoms with Gasteiger partial charge in [-0.2, -0.15) is 8.78 Å². The van der Waals surface area contributed by atoms with Crippen LogP contribution in [0.3, 0.4) is 0 Å². The molecule has 0 radical (unpaired) electrons. The topological polar surface area (TPSA) is 38.3 Å². The molecule has 7 heteroatoms. The van der Waals surface area contributed by atoms with Crippen LogP contribution in [0.4, 0.5) is 8.78 Å². The van der Waals surface area contributed by atoms with Gasteiger partial charge in [0.1, 0.15) is 5.75 Å². The maximum absolute atomic E-state index is 12.2. The molecule has 0 aliphatic heterocycles. The number of carbonyl (C=O) groups excluding carboxylic acids is 1. The molecule has 1 aromatic carbocycles. The van der Waals surface area contributed by atoms with Gasteiger partial charge >= 0.3 is 6.61 Å². The van der Waals surface area contributed by atoms with Gasteiger partial charge in [-0.25, -0.2) is 0 Å². The molecule has 1 N–H and O–H groups in total. The third-order valence-electron chi connectivity index (χ3n) is 3.02. The Kier molecular flexibility index (Phi) is 6.85. The van der Waals surface area contributed by atoms with Crippen molar-refractivity contribution in [1.29, 1.82) is 0 Å². The van der Waals surface area contributed by atoms with Crippen molar-refractivity contribution in [2.24, 2.45) is 0 Å². The summed E-state index contributed by atoms with van der Waals surface area (Å²) in [5.41, 5.74) is 0.722. The number of benzene rings is 1. The number of rotatable bonds is 8. The molecular formula is C16H17F2NO2S2. The quantitative estimate of drug-likeness (QED) is 0.758. The number of thiophene rings is 1. The van der Waals surface area contributed by atoms with E-state index in [1.165, 1.54) is 17.0 Å². The average Bonchev–Trinajstić information content (AvgIpc) is 3.00. The largest absolute Gasteiger partial charge is 0.435 e. The molecular weight excluding hydrogens is 340 g/mol. The van der Waals surface area contributed by atoms with Crippen LogP contribution in [0.5, 0.6) is 5.75 Å². The molecule has 23 heavy (non-hydrogen) atoms. The smallest absolute Gasteiger partial charge is 0.387 e. The minimum Gasteiger partial charge on any atom is -0.435 e. The van der Waals surface area contributed by atoms with Crippen molar-refractivity contribution >= 4 is 29.0 Å². The van der Waals surface area contributed by atoms with Gasteiger partial charge in [-0.3, -0.25) is 4.79 Å². The maximum Gasteiger partial charge on any atom is 0.387 e. The van der Waals surface area contributed by atoms with Crippen LogP contribution >= 0.6 is 23.1 Å². The second-order valence-electron chi connectivity index (χ2n) is 4.81. The molecule has 0 aliphatic rings. The summed E-state index contributed by atoms with van der Waals surface area (Å²) in [6.45, 7) is -1.05. The maximum atomic E-state index is 12.2. The Morgan fingerprint density at radius 3 is 2.87 bits per heavy atom. The Balaban J connectivity index is 1.80. The lowest BCUT2D eigenvalue weighted by Crippen LogP contribution is -2.28. The highest BCUT2D eigenvalue weighted by Crippen LogP contribution is 2.21. The molecule has 1 atom stereocenters. The van der Waals surface area contributed by atoms with Crippen molar-refractivity contribution in [2.75, 3.05) is 5.75 Å². The summed E-state index contributed by atoms with van der Waals surface area (Å²) in [5, 5.41) is 4.86. The van der Waals surface area contributed by atoms with E-state index in [1.54, 1.807) is 35.2 Å². The summed E-state index contributed by atoms with van der Waals surface area (Å²) < 4.78 is 28.8. The van der Waals surface area contributed by atoms with E-state index in [9.17, 15) is 13.6 Å². The van der Waals surface area contributed by atoms with Crippen molar-refractivity contribution < 1.29 is 18.3 Å². The highest BCUT2D eigenvalue weighted by molar-refractivity contribution is 7.99. The van der Waals surface area contributed by atoms with Crippen LogP contribution in [0.25, 0.3) is 0 Å². The van der Waals surface area contributed by atoms with Gasteiger partial charge in [-0.1, -0.05) is 18.2 Å². The number of nitrogens with one attached hydrogen (secondary N) is 1. The zero-order valence-corrected chi connectivity index (χ0v) is 14.1. The van der Waals surface area contributed by atoms with E-state index >= 15 is 0 Å². The van der Waals surface area contributed by atoms with Crippen molar-refractivity contribution in [3.8, 4) is 5.75 Å². The summed E-state index contributed by atoms with van der Waals surface area (Å²) in [4.78, 5) is 13.2. The van der Waals surface area contributed by atoms with E-state index in [1.807, 2.05) is 24.4 Å². The van der Waals surface area contributed by atoms with Crippen LogP contribution in [0.2, 0.25) is 0 Å². The first-order valence-electron chi connectivity index (χ1n) is 6.99. The molecule has 3 nitrogen and oxygen atoms in total. The number of hydrogen-bond donors (Lipinski definition) is 1. The van der Waals surface area contributed by atoms with E-state index in [0.29, 0.717) is 5.75 Å².